The van der Waals surface area contributed by atoms with Gasteiger partial charge in [-0.1, -0.05) is 18.2 Å². The Kier molecular flexibility index (Phi) is 2.48. The van der Waals surface area contributed by atoms with E-state index in [1.54, 1.807) is 0 Å². The van der Waals surface area contributed by atoms with Crippen LogP contribution in [0.1, 0.15) is 12.8 Å². The quantitative estimate of drug-likeness (QED) is 0.856. The SMILES string of the molecule is CN(c1ccnc2ccccc12)C1CCC1O. The summed E-state index contributed by atoms with van der Waals surface area (Å²) in [6, 6.07) is 10.4. The molecule has 17 heavy (non-hydrogen) atoms. The minimum absolute atomic E-state index is 0.188. The van der Waals surface area contributed by atoms with Crippen molar-refractivity contribution >= 4 is 16.6 Å². The zero-order valence-corrected chi connectivity index (χ0v) is 9.87. The van der Waals surface area contributed by atoms with E-state index in [1.807, 2.05) is 30.5 Å². The lowest BCUT2D eigenvalue weighted by Crippen LogP contribution is -2.49. The second kappa shape index (κ2) is 4.00. The number of rotatable bonds is 2. The van der Waals surface area contributed by atoms with Crippen LogP contribution in [0.3, 0.4) is 0 Å². The number of nitrogens with zero attached hydrogens (tertiary/aromatic N) is 2. The van der Waals surface area contributed by atoms with Crippen molar-refractivity contribution in [2.24, 2.45) is 0 Å². The van der Waals surface area contributed by atoms with E-state index in [4.69, 9.17) is 0 Å². The normalized spacial score (nSPS) is 23.4. The monoisotopic (exact) mass is 228 g/mol. The zero-order valence-electron chi connectivity index (χ0n) is 9.87. The first-order chi connectivity index (χ1) is 8.27. The summed E-state index contributed by atoms with van der Waals surface area (Å²) in [5.41, 5.74) is 2.16. The standard InChI is InChI=1S/C14H16N2O/c1-16(13-6-7-14(13)17)12-8-9-15-11-5-3-2-4-10(11)12/h2-5,8-9,13-14,17H,6-7H2,1H3. The molecule has 1 aliphatic carbocycles. The van der Waals surface area contributed by atoms with Gasteiger partial charge in [0.15, 0.2) is 0 Å². The number of benzene rings is 1. The van der Waals surface area contributed by atoms with Gasteiger partial charge in [-0.3, -0.25) is 4.98 Å². The van der Waals surface area contributed by atoms with Gasteiger partial charge < -0.3 is 10.0 Å². The van der Waals surface area contributed by atoms with Crippen LogP contribution in [0, 0.1) is 0 Å². The molecule has 3 heteroatoms. The molecule has 0 aliphatic heterocycles. The summed E-state index contributed by atoms with van der Waals surface area (Å²) in [5.74, 6) is 0. The molecule has 2 unspecified atom stereocenters. The molecule has 1 heterocycles. The molecule has 0 bridgehead atoms. The highest BCUT2D eigenvalue weighted by atomic mass is 16.3. The maximum absolute atomic E-state index is 9.75. The summed E-state index contributed by atoms with van der Waals surface area (Å²) in [4.78, 5) is 6.54. The van der Waals surface area contributed by atoms with Crippen LogP contribution in [0.25, 0.3) is 10.9 Å². The van der Waals surface area contributed by atoms with Crippen LogP contribution in [0.2, 0.25) is 0 Å². The molecule has 0 radical (unpaired) electrons. The van der Waals surface area contributed by atoms with Crippen molar-refractivity contribution in [1.29, 1.82) is 0 Å². The molecule has 1 aromatic carbocycles. The summed E-state index contributed by atoms with van der Waals surface area (Å²) in [5, 5.41) is 10.9. The Balaban J connectivity index is 2.04. The van der Waals surface area contributed by atoms with Crippen molar-refractivity contribution in [2.45, 2.75) is 25.0 Å². The van der Waals surface area contributed by atoms with Crippen molar-refractivity contribution in [2.75, 3.05) is 11.9 Å². The average molecular weight is 228 g/mol. The van der Waals surface area contributed by atoms with Crippen LogP contribution in [-0.2, 0) is 0 Å². The first-order valence-electron chi connectivity index (χ1n) is 6.02. The summed E-state index contributed by atoms with van der Waals surface area (Å²) >= 11 is 0. The smallest absolute Gasteiger partial charge is 0.0744 e. The molecular weight excluding hydrogens is 212 g/mol. The van der Waals surface area contributed by atoms with Gasteiger partial charge >= 0.3 is 0 Å². The van der Waals surface area contributed by atoms with E-state index < -0.39 is 0 Å². The van der Waals surface area contributed by atoms with Crippen LogP contribution in [0.5, 0.6) is 0 Å². The molecule has 88 valence electrons. The van der Waals surface area contributed by atoms with Crippen LogP contribution in [-0.4, -0.2) is 29.3 Å². The van der Waals surface area contributed by atoms with Crippen LogP contribution in [0.4, 0.5) is 5.69 Å². The Labute approximate surface area is 101 Å². The number of para-hydroxylation sites is 1. The third-order valence-electron chi connectivity index (χ3n) is 3.71. The average Bonchev–Trinajstić information content (AvgIpc) is 2.36. The van der Waals surface area contributed by atoms with E-state index in [9.17, 15) is 5.11 Å². The maximum Gasteiger partial charge on any atom is 0.0744 e. The van der Waals surface area contributed by atoms with Gasteiger partial charge in [0, 0.05) is 24.3 Å². The lowest BCUT2D eigenvalue weighted by atomic mass is 9.87. The predicted molar refractivity (Wildman–Crippen MR) is 69.2 cm³/mol. The molecule has 1 N–H and O–H groups in total. The minimum atomic E-state index is -0.188. The Hall–Kier alpha value is -1.61. The number of hydrogen-bond donors (Lipinski definition) is 1. The lowest BCUT2D eigenvalue weighted by molar-refractivity contribution is 0.0669. The number of likely N-dealkylation sites (N-methyl/N-ethyl adjacent to an activating group) is 1. The number of aliphatic hydroxyl groups excluding tert-OH is 1. The Bertz CT molecular complexity index is 535. The summed E-state index contributed by atoms with van der Waals surface area (Å²) < 4.78 is 0. The maximum atomic E-state index is 9.75. The van der Waals surface area contributed by atoms with Gasteiger partial charge in [-0.2, -0.15) is 0 Å². The van der Waals surface area contributed by atoms with Crippen molar-refractivity contribution in [3.05, 3.63) is 36.5 Å². The van der Waals surface area contributed by atoms with Crippen LogP contribution in [0.15, 0.2) is 36.5 Å². The van der Waals surface area contributed by atoms with E-state index in [0.717, 1.165) is 29.4 Å². The summed E-state index contributed by atoms with van der Waals surface area (Å²) in [6.45, 7) is 0. The van der Waals surface area contributed by atoms with Crippen molar-refractivity contribution < 1.29 is 5.11 Å². The van der Waals surface area contributed by atoms with Crippen molar-refractivity contribution in [3.63, 3.8) is 0 Å². The highest BCUT2D eigenvalue weighted by Crippen LogP contribution is 2.32. The number of anilines is 1. The number of hydrogen-bond acceptors (Lipinski definition) is 3. The number of fused-ring (bicyclic) bond motifs is 1. The molecule has 0 spiro atoms. The third-order valence-corrected chi connectivity index (χ3v) is 3.71. The molecule has 0 amide bonds. The van der Waals surface area contributed by atoms with E-state index in [-0.39, 0.29) is 12.1 Å². The molecular formula is C14H16N2O. The number of pyridine rings is 1. The third kappa shape index (κ3) is 1.67. The minimum Gasteiger partial charge on any atom is -0.391 e. The lowest BCUT2D eigenvalue weighted by Gasteiger charge is -2.41. The summed E-state index contributed by atoms with van der Waals surface area (Å²) in [6.07, 6.45) is 3.62. The number of aliphatic hydroxyl groups is 1. The Morgan fingerprint density at radius 3 is 2.76 bits per heavy atom. The van der Waals surface area contributed by atoms with Gasteiger partial charge in [-0.25, -0.2) is 0 Å². The molecule has 1 fully saturated rings. The van der Waals surface area contributed by atoms with Gasteiger partial charge in [-0.15, -0.1) is 0 Å². The van der Waals surface area contributed by atoms with E-state index in [1.165, 1.54) is 0 Å². The van der Waals surface area contributed by atoms with Gasteiger partial charge in [0.1, 0.15) is 0 Å². The first kappa shape index (κ1) is 10.5. The van der Waals surface area contributed by atoms with Crippen molar-refractivity contribution in [3.8, 4) is 0 Å². The molecule has 1 aromatic heterocycles. The first-order valence-corrected chi connectivity index (χ1v) is 6.02. The zero-order chi connectivity index (χ0) is 11.8. The highest BCUT2D eigenvalue weighted by Gasteiger charge is 2.32. The van der Waals surface area contributed by atoms with Gasteiger partial charge in [0.25, 0.3) is 0 Å². The molecule has 1 aliphatic rings. The molecule has 2 atom stereocenters. The predicted octanol–water partition coefficient (Wildman–Crippen LogP) is 2.19. The van der Waals surface area contributed by atoms with Crippen molar-refractivity contribution in [1.82, 2.24) is 4.98 Å². The number of aromatic nitrogens is 1. The largest absolute Gasteiger partial charge is 0.391 e. The molecule has 3 rings (SSSR count). The van der Waals surface area contributed by atoms with Crippen LogP contribution >= 0.6 is 0 Å². The fourth-order valence-electron chi connectivity index (χ4n) is 2.48. The fraction of sp³-hybridized carbons (Fsp3) is 0.357. The van der Waals surface area contributed by atoms with Gasteiger partial charge in [0.2, 0.25) is 0 Å². The van der Waals surface area contributed by atoms with E-state index in [0.29, 0.717) is 0 Å². The molecule has 2 aromatic rings. The Morgan fingerprint density at radius 2 is 2.06 bits per heavy atom. The topological polar surface area (TPSA) is 36.4 Å². The van der Waals surface area contributed by atoms with E-state index in [2.05, 4.69) is 23.0 Å². The molecule has 3 nitrogen and oxygen atoms in total. The summed E-state index contributed by atoms with van der Waals surface area (Å²) in [7, 11) is 2.05. The van der Waals surface area contributed by atoms with Gasteiger partial charge in [-0.05, 0) is 25.0 Å². The fourth-order valence-corrected chi connectivity index (χ4v) is 2.48. The highest BCUT2D eigenvalue weighted by molar-refractivity contribution is 5.91. The van der Waals surface area contributed by atoms with E-state index >= 15 is 0 Å². The van der Waals surface area contributed by atoms with Crippen LogP contribution < -0.4 is 4.90 Å². The molecule has 1 saturated carbocycles. The molecule has 0 saturated heterocycles. The second-order valence-corrected chi connectivity index (χ2v) is 4.67. The Morgan fingerprint density at radius 1 is 1.24 bits per heavy atom. The second-order valence-electron chi connectivity index (χ2n) is 4.67. The van der Waals surface area contributed by atoms with Gasteiger partial charge in [0.05, 0.1) is 17.7 Å².